The van der Waals surface area contributed by atoms with Crippen LogP contribution in [-0.4, -0.2) is 43.8 Å². The minimum Gasteiger partial charge on any atom is -0.490 e. The van der Waals surface area contributed by atoms with E-state index >= 15 is 0 Å². The number of ether oxygens (including phenoxy) is 3. The molecule has 1 aromatic carbocycles. The summed E-state index contributed by atoms with van der Waals surface area (Å²) < 4.78 is 16.1. The molecule has 0 unspecified atom stereocenters. The SMILES string of the molecule is CCCCOc1ccc(C(=O)OCC(=O)NC(=O)NC(C)C)cc1OCC. The Morgan fingerprint density at radius 1 is 1.07 bits per heavy atom. The number of carbonyl (C=O) groups is 3. The molecule has 8 nitrogen and oxygen atoms in total. The van der Waals surface area contributed by atoms with E-state index in [2.05, 4.69) is 17.6 Å². The first-order valence-corrected chi connectivity index (χ1v) is 9.04. The van der Waals surface area contributed by atoms with Gasteiger partial charge in [0.05, 0.1) is 18.8 Å². The van der Waals surface area contributed by atoms with Gasteiger partial charge in [0.25, 0.3) is 5.91 Å². The highest BCUT2D eigenvalue weighted by Crippen LogP contribution is 2.29. The quantitative estimate of drug-likeness (QED) is 0.478. The molecule has 0 heterocycles. The fraction of sp³-hybridized carbons (Fsp3) is 0.526. The molecule has 1 aromatic rings. The summed E-state index contributed by atoms with van der Waals surface area (Å²) in [6.07, 6.45) is 1.92. The van der Waals surface area contributed by atoms with Crippen LogP contribution in [0, 0.1) is 0 Å². The minimum atomic E-state index is -0.717. The monoisotopic (exact) mass is 380 g/mol. The van der Waals surface area contributed by atoms with Crippen molar-refractivity contribution in [2.45, 2.75) is 46.6 Å². The maximum absolute atomic E-state index is 12.1. The van der Waals surface area contributed by atoms with Crippen molar-refractivity contribution in [3.05, 3.63) is 23.8 Å². The molecule has 0 aliphatic rings. The van der Waals surface area contributed by atoms with E-state index < -0.39 is 24.5 Å². The number of urea groups is 1. The van der Waals surface area contributed by atoms with E-state index in [0.29, 0.717) is 24.7 Å². The van der Waals surface area contributed by atoms with Crippen LogP contribution in [0.25, 0.3) is 0 Å². The molecule has 0 saturated carbocycles. The largest absolute Gasteiger partial charge is 0.490 e. The standard InChI is InChI=1S/C19H28N2O6/c1-5-7-10-26-15-9-8-14(11-16(15)25-6-2)18(23)27-12-17(22)21-19(24)20-13(3)4/h8-9,11,13H,5-7,10,12H2,1-4H3,(H2,20,21,22,24). The van der Waals surface area contributed by atoms with Crippen molar-refractivity contribution >= 4 is 17.9 Å². The van der Waals surface area contributed by atoms with Gasteiger partial charge >= 0.3 is 12.0 Å². The van der Waals surface area contributed by atoms with Gasteiger partial charge in [-0.05, 0) is 45.4 Å². The Morgan fingerprint density at radius 2 is 1.81 bits per heavy atom. The summed E-state index contributed by atoms with van der Waals surface area (Å²) in [5.41, 5.74) is 0.223. The van der Waals surface area contributed by atoms with Crippen LogP contribution in [0.1, 0.15) is 50.9 Å². The third-order valence-electron chi connectivity index (χ3n) is 3.24. The Morgan fingerprint density at radius 3 is 2.44 bits per heavy atom. The maximum Gasteiger partial charge on any atom is 0.338 e. The van der Waals surface area contributed by atoms with Crippen LogP contribution in [0.3, 0.4) is 0 Å². The van der Waals surface area contributed by atoms with Gasteiger partial charge in [-0.1, -0.05) is 13.3 Å². The van der Waals surface area contributed by atoms with Crippen molar-refractivity contribution in [1.82, 2.24) is 10.6 Å². The third kappa shape index (κ3) is 8.44. The van der Waals surface area contributed by atoms with Gasteiger partial charge in [0.2, 0.25) is 0 Å². The number of esters is 1. The summed E-state index contributed by atoms with van der Waals surface area (Å²) in [7, 11) is 0. The molecule has 8 heteroatoms. The second kappa shape index (κ2) is 11.8. The van der Waals surface area contributed by atoms with Crippen molar-refractivity contribution in [2.24, 2.45) is 0 Å². The van der Waals surface area contributed by atoms with E-state index in [4.69, 9.17) is 14.2 Å². The number of hydrogen-bond donors (Lipinski definition) is 2. The van der Waals surface area contributed by atoms with Crippen LogP contribution in [0.2, 0.25) is 0 Å². The average Bonchev–Trinajstić information content (AvgIpc) is 2.60. The number of imide groups is 1. The van der Waals surface area contributed by atoms with Gasteiger partial charge in [-0.25, -0.2) is 9.59 Å². The molecule has 0 bridgehead atoms. The fourth-order valence-electron chi connectivity index (χ4n) is 2.02. The van der Waals surface area contributed by atoms with E-state index in [0.717, 1.165) is 12.8 Å². The first-order chi connectivity index (χ1) is 12.9. The highest BCUT2D eigenvalue weighted by atomic mass is 16.5. The van der Waals surface area contributed by atoms with E-state index in [1.807, 2.05) is 6.92 Å². The third-order valence-corrected chi connectivity index (χ3v) is 3.24. The highest BCUT2D eigenvalue weighted by Gasteiger charge is 2.15. The zero-order chi connectivity index (χ0) is 20.2. The van der Waals surface area contributed by atoms with E-state index in [1.165, 1.54) is 12.1 Å². The predicted molar refractivity (Wildman–Crippen MR) is 100 cm³/mol. The number of hydrogen-bond acceptors (Lipinski definition) is 6. The van der Waals surface area contributed by atoms with E-state index in [-0.39, 0.29) is 11.6 Å². The number of rotatable bonds is 10. The number of carbonyl (C=O) groups excluding carboxylic acids is 3. The first-order valence-electron chi connectivity index (χ1n) is 9.04. The molecule has 27 heavy (non-hydrogen) atoms. The van der Waals surface area contributed by atoms with Crippen molar-refractivity contribution < 1.29 is 28.6 Å². The molecule has 0 aliphatic carbocycles. The van der Waals surface area contributed by atoms with Crippen LogP contribution in [0.5, 0.6) is 11.5 Å². The Kier molecular flexibility index (Phi) is 9.71. The lowest BCUT2D eigenvalue weighted by Gasteiger charge is -2.13. The molecule has 0 radical (unpaired) electrons. The molecular formula is C19H28N2O6. The summed E-state index contributed by atoms with van der Waals surface area (Å²) in [5, 5.41) is 4.58. The Labute approximate surface area is 159 Å². The molecule has 0 spiro atoms. The van der Waals surface area contributed by atoms with Gasteiger partial charge in [0, 0.05) is 6.04 Å². The molecule has 2 N–H and O–H groups in total. The minimum absolute atomic E-state index is 0.115. The van der Waals surface area contributed by atoms with E-state index in [1.54, 1.807) is 19.9 Å². The number of benzene rings is 1. The number of nitrogens with one attached hydrogen (secondary N) is 2. The second-order valence-corrected chi connectivity index (χ2v) is 6.05. The lowest BCUT2D eigenvalue weighted by molar-refractivity contribution is -0.123. The fourth-order valence-corrected chi connectivity index (χ4v) is 2.02. The molecule has 0 atom stereocenters. The van der Waals surface area contributed by atoms with Crippen LogP contribution < -0.4 is 20.1 Å². The van der Waals surface area contributed by atoms with Gasteiger partial charge in [-0.2, -0.15) is 0 Å². The summed E-state index contributed by atoms with van der Waals surface area (Å²) in [5.74, 6) is -0.435. The molecule has 0 saturated heterocycles. The smallest absolute Gasteiger partial charge is 0.338 e. The average molecular weight is 380 g/mol. The Hall–Kier alpha value is -2.77. The van der Waals surface area contributed by atoms with Crippen LogP contribution in [0.4, 0.5) is 4.79 Å². The van der Waals surface area contributed by atoms with Crippen molar-refractivity contribution in [3.63, 3.8) is 0 Å². The van der Waals surface area contributed by atoms with E-state index in [9.17, 15) is 14.4 Å². The molecule has 0 aromatic heterocycles. The molecule has 1 rings (SSSR count). The van der Waals surface area contributed by atoms with Gasteiger partial charge in [-0.15, -0.1) is 0 Å². The van der Waals surface area contributed by atoms with Crippen molar-refractivity contribution in [3.8, 4) is 11.5 Å². The molecule has 0 fully saturated rings. The van der Waals surface area contributed by atoms with Crippen LogP contribution >= 0.6 is 0 Å². The van der Waals surface area contributed by atoms with Crippen molar-refractivity contribution in [1.29, 1.82) is 0 Å². The van der Waals surface area contributed by atoms with Gasteiger partial charge < -0.3 is 19.5 Å². The molecule has 3 amide bonds. The Bertz CT molecular complexity index is 645. The Balaban J connectivity index is 2.64. The predicted octanol–water partition coefficient (Wildman–Crippen LogP) is 2.66. The number of unbranched alkanes of at least 4 members (excludes halogenated alkanes) is 1. The first kappa shape index (κ1) is 22.3. The topological polar surface area (TPSA) is 103 Å². The lowest BCUT2D eigenvalue weighted by atomic mass is 10.2. The summed E-state index contributed by atoms with van der Waals surface area (Å²) in [4.78, 5) is 35.2. The van der Waals surface area contributed by atoms with Crippen molar-refractivity contribution in [2.75, 3.05) is 19.8 Å². The summed E-state index contributed by atoms with van der Waals surface area (Å²) in [6, 6.07) is 3.92. The molecule has 0 aliphatic heterocycles. The zero-order valence-corrected chi connectivity index (χ0v) is 16.3. The lowest BCUT2D eigenvalue weighted by Crippen LogP contribution is -2.44. The summed E-state index contributed by atoms with van der Waals surface area (Å²) >= 11 is 0. The molecular weight excluding hydrogens is 352 g/mol. The highest BCUT2D eigenvalue weighted by molar-refractivity contribution is 5.97. The zero-order valence-electron chi connectivity index (χ0n) is 16.3. The van der Waals surface area contributed by atoms with Gasteiger partial charge in [0.15, 0.2) is 18.1 Å². The van der Waals surface area contributed by atoms with Gasteiger partial charge in [0.1, 0.15) is 0 Å². The normalized spacial score (nSPS) is 10.3. The number of amides is 3. The second-order valence-electron chi connectivity index (χ2n) is 6.05. The van der Waals surface area contributed by atoms with Crippen LogP contribution in [-0.2, 0) is 9.53 Å². The molecule has 150 valence electrons. The van der Waals surface area contributed by atoms with Crippen LogP contribution in [0.15, 0.2) is 18.2 Å². The van der Waals surface area contributed by atoms with Gasteiger partial charge in [-0.3, -0.25) is 10.1 Å². The summed E-state index contributed by atoms with van der Waals surface area (Å²) in [6.45, 7) is 7.81. The maximum atomic E-state index is 12.1.